The van der Waals surface area contributed by atoms with E-state index in [1.165, 1.54) is 0 Å². The number of amides is 4. The van der Waals surface area contributed by atoms with Gasteiger partial charge in [0.2, 0.25) is 23.6 Å². The first-order chi connectivity index (χ1) is 23.5. The number of nitrogens with one attached hydrogen (secondary N) is 2. The fourth-order valence-corrected chi connectivity index (χ4v) is 6.85. The predicted molar refractivity (Wildman–Crippen MR) is 198 cm³/mol. The van der Waals surface area contributed by atoms with Crippen LogP contribution in [-0.2, 0) is 35.1 Å². The summed E-state index contributed by atoms with van der Waals surface area (Å²) in [6.07, 6.45) is 2.06. The lowest BCUT2D eigenvalue weighted by molar-refractivity contribution is -0.147. The van der Waals surface area contributed by atoms with Gasteiger partial charge in [0.15, 0.2) is 0 Å². The highest BCUT2D eigenvalue weighted by Gasteiger charge is 2.42. The average Bonchev–Trinajstić information content (AvgIpc) is 3.56. The molecule has 1 aromatic carbocycles. The molecule has 7 atom stereocenters. The van der Waals surface area contributed by atoms with Crippen LogP contribution in [0.2, 0.25) is 0 Å². The zero-order valence-electron chi connectivity index (χ0n) is 33.0. The predicted octanol–water partition coefficient (Wildman–Crippen LogP) is 4.14. The number of rotatable bonds is 19. The topological polar surface area (TPSA) is 121 Å². The molecular formula is C39H67N5O6. The van der Waals surface area contributed by atoms with Crippen molar-refractivity contribution in [2.24, 2.45) is 17.8 Å². The number of carbonyl (C=O) groups is 4. The number of likely N-dealkylation sites (tertiary alicyclic amines) is 1. The van der Waals surface area contributed by atoms with Crippen LogP contribution in [0.4, 0.5) is 0 Å². The van der Waals surface area contributed by atoms with Crippen molar-refractivity contribution in [1.82, 2.24) is 25.3 Å². The number of likely N-dealkylation sites (N-methyl/N-ethyl adjacent to an activating group) is 2. The quantitative estimate of drug-likeness (QED) is 0.223. The van der Waals surface area contributed by atoms with Crippen LogP contribution in [0.15, 0.2) is 30.3 Å². The molecule has 50 heavy (non-hydrogen) atoms. The Kier molecular flexibility index (Phi) is 17.4. The number of benzene rings is 1. The summed E-state index contributed by atoms with van der Waals surface area (Å²) < 4.78 is 11.9. The van der Waals surface area contributed by atoms with Crippen LogP contribution in [0.25, 0.3) is 0 Å². The molecule has 11 nitrogen and oxygen atoms in total. The van der Waals surface area contributed by atoms with E-state index in [-0.39, 0.29) is 60.0 Å². The number of carbonyl (C=O) groups excluding carboxylic acids is 4. The molecule has 0 aromatic heterocycles. The monoisotopic (exact) mass is 702 g/mol. The van der Waals surface area contributed by atoms with E-state index < -0.39 is 30.2 Å². The smallest absolute Gasteiger partial charge is 0.245 e. The summed E-state index contributed by atoms with van der Waals surface area (Å²) in [4.78, 5) is 59.9. The third-order valence-electron chi connectivity index (χ3n) is 10.6. The molecule has 1 heterocycles. The van der Waals surface area contributed by atoms with Crippen LogP contribution in [0.3, 0.4) is 0 Å². The number of nitrogens with zero attached hydrogens (tertiary/aromatic N) is 3. The number of ether oxygens (including phenoxy) is 2. The van der Waals surface area contributed by atoms with Crippen LogP contribution < -0.4 is 10.6 Å². The molecule has 1 aliphatic rings. The van der Waals surface area contributed by atoms with E-state index in [0.29, 0.717) is 13.1 Å². The van der Waals surface area contributed by atoms with Gasteiger partial charge in [-0.25, -0.2) is 0 Å². The SMILES string of the molecule is CC[C@H](C)[C@@H]([C@@H](CC(=O)N1CCC[C@H]1[C@H](OC)[C@@H](C)C(=O)NCCc1ccccc1)OC)N(C)C(=O)[C@@H](NC(=O)CN(C)C(C)(C)C)C(C)C. The average molecular weight is 702 g/mol. The van der Waals surface area contributed by atoms with Crippen molar-refractivity contribution < 1.29 is 28.7 Å². The van der Waals surface area contributed by atoms with Gasteiger partial charge in [0, 0.05) is 39.9 Å². The molecule has 0 aliphatic carbocycles. The maximum absolute atomic E-state index is 14.1. The Hall–Kier alpha value is -3.02. The van der Waals surface area contributed by atoms with Gasteiger partial charge in [-0.15, -0.1) is 0 Å². The minimum atomic E-state index is -0.730. The van der Waals surface area contributed by atoms with E-state index in [9.17, 15) is 19.2 Å². The third-order valence-corrected chi connectivity index (χ3v) is 10.6. The molecule has 11 heteroatoms. The first-order valence-electron chi connectivity index (χ1n) is 18.4. The summed E-state index contributed by atoms with van der Waals surface area (Å²) in [5.74, 6) is -1.22. The molecule has 0 radical (unpaired) electrons. The highest BCUT2D eigenvalue weighted by atomic mass is 16.5. The van der Waals surface area contributed by atoms with E-state index in [2.05, 4.69) is 24.5 Å². The van der Waals surface area contributed by atoms with Gasteiger partial charge >= 0.3 is 0 Å². The molecular weight excluding hydrogens is 634 g/mol. The standard InChI is InChI=1S/C39H67N5O6/c1-13-27(4)35(43(10)38(48)34(26(2)3)41-32(45)25-42(9)39(6,7)8)31(49-11)24-33(46)44-23-17-20-30(44)36(50-12)28(5)37(47)40-22-21-29-18-15-14-16-19-29/h14-16,18-19,26-28,30-31,34-36H,13,17,20-25H2,1-12H3,(H,40,47)(H,41,45)/t27-,28+,30-,31+,34-,35-,36+/m0/s1. The highest BCUT2D eigenvalue weighted by Crippen LogP contribution is 2.29. The summed E-state index contributed by atoms with van der Waals surface area (Å²) in [6.45, 7) is 17.2. The van der Waals surface area contributed by atoms with Crippen molar-refractivity contribution in [2.45, 2.75) is 123 Å². The molecule has 2 rings (SSSR count). The van der Waals surface area contributed by atoms with E-state index in [1.807, 2.05) is 88.7 Å². The van der Waals surface area contributed by atoms with Gasteiger partial charge in [-0.05, 0) is 64.5 Å². The largest absolute Gasteiger partial charge is 0.379 e. The van der Waals surface area contributed by atoms with Gasteiger partial charge < -0.3 is 29.9 Å². The maximum atomic E-state index is 14.1. The Balaban J connectivity index is 2.18. The number of hydrogen-bond donors (Lipinski definition) is 2. The Morgan fingerprint density at radius 1 is 1.00 bits per heavy atom. The molecule has 1 aliphatic heterocycles. The van der Waals surface area contributed by atoms with Crippen molar-refractivity contribution in [3.8, 4) is 0 Å². The molecule has 4 amide bonds. The zero-order valence-corrected chi connectivity index (χ0v) is 33.0. The first-order valence-corrected chi connectivity index (χ1v) is 18.4. The second kappa shape index (κ2) is 20.1. The normalized spacial score (nSPS) is 18.7. The van der Waals surface area contributed by atoms with Crippen LogP contribution >= 0.6 is 0 Å². The van der Waals surface area contributed by atoms with E-state index in [1.54, 1.807) is 26.2 Å². The Bertz CT molecular complexity index is 1220. The Morgan fingerprint density at radius 3 is 2.18 bits per heavy atom. The van der Waals surface area contributed by atoms with Gasteiger partial charge in [0.1, 0.15) is 6.04 Å². The van der Waals surface area contributed by atoms with Crippen LogP contribution in [0.5, 0.6) is 0 Å². The van der Waals surface area contributed by atoms with E-state index >= 15 is 0 Å². The van der Waals surface area contributed by atoms with Gasteiger partial charge in [-0.2, -0.15) is 0 Å². The molecule has 1 fully saturated rings. The van der Waals surface area contributed by atoms with E-state index in [0.717, 1.165) is 31.2 Å². The summed E-state index contributed by atoms with van der Waals surface area (Å²) in [5.41, 5.74) is 0.955. The minimum absolute atomic E-state index is 0.0120. The van der Waals surface area contributed by atoms with Crippen LogP contribution in [0, 0.1) is 17.8 Å². The molecule has 1 saturated heterocycles. The summed E-state index contributed by atoms with van der Waals surface area (Å²) >= 11 is 0. The second-order valence-corrected chi connectivity index (χ2v) is 15.4. The fourth-order valence-electron chi connectivity index (χ4n) is 6.85. The lowest BCUT2D eigenvalue weighted by atomic mass is 9.89. The van der Waals surface area contributed by atoms with Gasteiger partial charge in [0.25, 0.3) is 0 Å². The van der Waals surface area contributed by atoms with Crippen LogP contribution in [-0.4, -0.2) is 122 Å². The summed E-state index contributed by atoms with van der Waals surface area (Å²) in [6, 6.07) is 8.62. The number of methoxy groups -OCH3 is 2. The van der Waals surface area contributed by atoms with Gasteiger partial charge in [-0.1, -0.05) is 71.4 Å². The molecule has 0 spiro atoms. The lowest BCUT2D eigenvalue weighted by Crippen LogP contribution is -2.58. The minimum Gasteiger partial charge on any atom is -0.379 e. The summed E-state index contributed by atoms with van der Waals surface area (Å²) in [5, 5.41) is 6.03. The van der Waals surface area contributed by atoms with Gasteiger partial charge in [-0.3, -0.25) is 24.1 Å². The molecule has 2 N–H and O–H groups in total. The molecule has 284 valence electrons. The van der Waals surface area contributed by atoms with E-state index in [4.69, 9.17) is 9.47 Å². The molecule has 0 bridgehead atoms. The molecule has 0 unspecified atom stereocenters. The maximum Gasteiger partial charge on any atom is 0.245 e. The van der Waals surface area contributed by atoms with Crippen molar-refractivity contribution in [3.63, 3.8) is 0 Å². The fraction of sp³-hybridized carbons (Fsp3) is 0.744. The first kappa shape index (κ1) is 43.1. The van der Waals surface area contributed by atoms with Crippen molar-refractivity contribution in [1.29, 1.82) is 0 Å². The Labute approximate surface area is 302 Å². The third kappa shape index (κ3) is 12.0. The van der Waals surface area contributed by atoms with Crippen molar-refractivity contribution >= 4 is 23.6 Å². The molecule has 1 aromatic rings. The highest BCUT2D eigenvalue weighted by molar-refractivity contribution is 5.89. The van der Waals surface area contributed by atoms with Crippen molar-refractivity contribution in [3.05, 3.63) is 35.9 Å². The lowest BCUT2D eigenvalue weighted by Gasteiger charge is -2.41. The molecule has 0 saturated carbocycles. The second-order valence-electron chi connectivity index (χ2n) is 15.4. The Morgan fingerprint density at radius 2 is 1.64 bits per heavy atom. The number of hydrogen-bond acceptors (Lipinski definition) is 7. The van der Waals surface area contributed by atoms with Crippen molar-refractivity contribution in [2.75, 3.05) is 47.9 Å². The van der Waals surface area contributed by atoms with Crippen LogP contribution in [0.1, 0.15) is 86.6 Å². The summed E-state index contributed by atoms with van der Waals surface area (Å²) in [7, 11) is 6.81. The zero-order chi connectivity index (χ0) is 37.8. The van der Waals surface area contributed by atoms with Gasteiger partial charge in [0.05, 0.1) is 43.2 Å².